The van der Waals surface area contributed by atoms with E-state index in [-0.39, 0.29) is 17.7 Å². The van der Waals surface area contributed by atoms with Crippen molar-refractivity contribution in [3.05, 3.63) is 29.8 Å². The van der Waals surface area contributed by atoms with Crippen molar-refractivity contribution in [1.29, 1.82) is 0 Å². The number of benzene rings is 1. The molecule has 116 valence electrons. The molecule has 0 amide bonds. The molecule has 2 N–H and O–H groups in total. The lowest BCUT2D eigenvalue weighted by Crippen LogP contribution is -2.41. The number of carbonyl (C=O) groups excluding carboxylic acids is 1. The summed E-state index contributed by atoms with van der Waals surface area (Å²) in [5.41, 5.74) is 0.735. The fraction of sp³-hybridized carbons (Fsp3) is 0.385. The Bertz CT molecular complexity index is 625. The van der Waals surface area contributed by atoms with Gasteiger partial charge in [0, 0.05) is 6.42 Å². The summed E-state index contributed by atoms with van der Waals surface area (Å²) in [7, 11) is -2.79. The third-order valence-electron chi connectivity index (χ3n) is 2.76. The number of nitrogens with one attached hydrogen (secondary N) is 1. The maximum atomic E-state index is 12.1. The van der Waals surface area contributed by atoms with Gasteiger partial charge in [0.25, 0.3) is 0 Å². The molecule has 0 aromatic heterocycles. The van der Waals surface area contributed by atoms with E-state index in [0.29, 0.717) is 0 Å². The topological polar surface area (TPSA) is 110 Å². The van der Waals surface area contributed by atoms with Gasteiger partial charge in [-0.1, -0.05) is 12.1 Å². The van der Waals surface area contributed by atoms with E-state index in [1.807, 2.05) is 0 Å². The van der Waals surface area contributed by atoms with Crippen LogP contribution in [0.5, 0.6) is 0 Å². The first kappa shape index (κ1) is 17.1. The predicted molar refractivity (Wildman–Crippen MR) is 74.2 cm³/mol. The minimum absolute atomic E-state index is 0.0215. The van der Waals surface area contributed by atoms with Crippen LogP contribution in [0, 0.1) is 6.92 Å². The predicted octanol–water partition coefficient (Wildman–Crippen LogP) is 0.680. The lowest BCUT2D eigenvalue weighted by atomic mass is 10.2. The van der Waals surface area contributed by atoms with Gasteiger partial charge in [0.1, 0.15) is 6.04 Å². The minimum atomic E-state index is -3.96. The summed E-state index contributed by atoms with van der Waals surface area (Å²) in [5.74, 6) is -1.95. The van der Waals surface area contributed by atoms with Gasteiger partial charge < -0.3 is 9.84 Å². The van der Waals surface area contributed by atoms with Crippen LogP contribution in [0.2, 0.25) is 0 Å². The first-order valence-corrected chi connectivity index (χ1v) is 7.63. The zero-order valence-electron chi connectivity index (χ0n) is 11.7. The molecular formula is C13H17NO6S. The molecule has 1 unspecified atom stereocenters. The number of aryl methyl sites for hydroxylation is 1. The van der Waals surface area contributed by atoms with Crippen molar-refractivity contribution < 1.29 is 27.9 Å². The quantitative estimate of drug-likeness (QED) is 0.716. The largest absolute Gasteiger partial charge is 0.480 e. The number of carbonyl (C=O) groups is 2. The van der Waals surface area contributed by atoms with Crippen molar-refractivity contribution in [3.63, 3.8) is 0 Å². The molecule has 7 nitrogen and oxygen atoms in total. The molecule has 0 spiro atoms. The molecule has 0 saturated heterocycles. The van der Waals surface area contributed by atoms with Gasteiger partial charge in [-0.2, -0.15) is 4.72 Å². The van der Waals surface area contributed by atoms with Gasteiger partial charge in [-0.05, 0) is 31.0 Å². The molecule has 1 rings (SSSR count). The molecule has 0 saturated carbocycles. The number of rotatable bonds is 7. The molecule has 0 aliphatic rings. The molecule has 1 atom stereocenters. The molecule has 0 heterocycles. The summed E-state index contributed by atoms with van der Waals surface area (Å²) in [4.78, 5) is 22.1. The van der Waals surface area contributed by atoms with Crippen LogP contribution in [0.3, 0.4) is 0 Å². The Morgan fingerprint density at radius 1 is 1.38 bits per heavy atom. The van der Waals surface area contributed by atoms with E-state index >= 15 is 0 Å². The SMILES string of the molecule is COC(=O)CCC(NS(=O)(=O)c1cccc(C)c1)C(=O)O. The van der Waals surface area contributed by atoms with Crippen molar-refractivity contribution in [2.75, 3.05) is 7.11 Å². The summed E-state index contributed by atoms with van der Waals surface area (Å²) in [6.45, 7) is 1.73. The van der Waals surface area contributed by atoms with Crippen LogP contribution < -0.4 is 4.72 Å². The molecule has 1 aromatic rings. The number of hydrogen-bond donors (Lipinski definition) is 2. The fourth-order valence-corrected chi connectivity index (χ4v) is 2.96. The second kappa shape index (κ2) is 7.19. The standard InChI is InChI=1S/C13H17NO6S/c1-9-4-3-5-10(8-9)21(18,19)14-11(13(16)17)6-7-12(15)20-2/h3-5,8,11,14H,6-7H2,1-2H3,(H,16,17). The van der Waals surface area contributed by atoms with Gasteiger partial charge in [-0.25, -0.2) is 8.42 Å². The van der Waals surface area contributed by atoms with Crippen LogP contribution in [-0.4, -0.2) is 38.6 Å². The van der Waals surface area contributed by atoms with Gasteiger partial charge in [0.15, 0.2) is 0 Å². The van der Waals surface area contributed by atoms with Crippen LogP contribution in [-0.2, 0) is 24.3 Å². The lowest BCUT2D eigenvalue weighted by molar-refractivity contribution is -0.142. The van der Waals surface area contributed by atoms with E-state index < -0.39 is 28.0 Å². The average Bonchev–Trinajstić information content (AvgIpc) is 2.42. The third-order valence-corrected chi connectivity index (χ3v) is 4.23. The Morgan fingerprint density at radius 2 is 2.05 bits per heavy atom. The van der Waals surface area contributed by atoms with Crippen molar-refractivity contribution in [1.82, 2.24) is 4.72 Å². The molecule has 21 heavy (non-hydrogen) atoms. The first-order chi connectivity index (χ1) is 9.76. The number of ether oxygens (including phenoxy) is 1. The fourth-order valence-electron chi connectivity index (χ4n) is 1.63. The number of esters is 1. The first-order valence-electron chi connectivity index (χ1n) is 6.15. The number of aliphatic carboxylic acids is 1. The van der Waals surface area contributed by atoms with Crippen LogP contribution in [0.15, 0.2) is 29.2 Å². The van der Waals surface area contributed by atoms with Gasteiger partial charge in [0.05, 0.1) is 12.0 Å². The highest BCUT2D eigenvalue weighted by Crippen LogP contribution is 2.12. The Morgan fingerprint density at radius 3 is 2.57 bits per heavy atom. The number of hydrogen-bond acceptors (Lipinski definition) is 5. The Labute approximate surface area is 123 Å². The second-order valence-corrected chi connectivity index (χ2v) is 6.16. The van der Waals surface area contributed by atoms with Crippen molar-refractivity contribution in [2.45, 2.75) is 30.7 Å². The summed E-state index contributed by atoms with van der Waals surface area (Å²) in [5, 5.41) is 9.04. The highest BCUT2D eigenvalue weighted by molar-refractivity contribution is 7.89. The van der Waals surface area contributed by atoms with E-state index in [0.717, 1.165) is 5.56 Å². The number of methoxy groups -OCH3 is 1. The van der Waals surface area contributed by atoms with Crippen LogP contribution in [0.1, 0.15) is 18.4 Å². The van der Waals surface area contributed by atoms with Crippen LogP contribution in [0.25, 0.3) is 0 Å². The van der Waals surface area contributed by atoms with E-state index in [4.69, 9.17) is 5.11 Å². The average molecular weight is 315 g/mol. The van der Waals surface area contributed by atoms with Crippen molar-refractivity contribution in [3.8, 4) is 0 Å². The zero-order valence-corrected chi connectivity index (χ0v) is 12.5. The smallest absolute Gasteiger partial charge is 0.321 e. The molecule has 0 aliphatic carbocycles. The maximum absolute atomic E-state index is 12.1. The van der Waals surface area contributed by atoms with Gasteiger partial charge in [-0.3, -0.25) is 9.59 Å². The molecule has 0 fully saturated rings. The van der Waals surface area contributed by atoms with Gasteiger partial charge in [-0.15, -0.1) is 0 Å². The lowest BCUT2D eigenvalue weighted by Gasteiger charge is -2.14. The normalized spacial score (nSPS) is 12.7. The zero-order chi connectivity index (χ0) is 16.0. The second-order valence-electron chi connectivity index (χ2n) is 4.44. The highest BCUT2D eigenvalue weighted by atomic mass is 32.2. The number of sulfonamides is 1. The van der Waals surface area contributed by atoms with E-state index in [9.17, 15) is 18.0 Å². The molecule has 0 aliphatic heterocycles. The minimum Gasteiger partial charge on any atom is -0.480 e. The molecule has 0 radical (unpaired) electrons. The van der Waals surface area contributed by atoms with E-state index in [1.165, 1.54) is 19.2 Å². The van der Waals surface area contributed by atoms with Crippen molar-refractivity contribution >= 4 is 22.0 Å². The van der Waals surface area contributed by atoms with Crippen molar-refractivity contribution in [2.24, 2.45) is 0 Å². The van der Waals surface area contributed by atoms with E-state index in [2.05, 4.69) is 9.46 Å². The summed E-state index contributed by atoms with van der Waals surface area (Å²) >= 11 is 0. The molecule has 1 aromatic carbocycles. The Balaban J connectivity index is 2.87. The monoisotopic (exact) mass is 315 g/mol. The molecular weight excluding hydrogens is 298 g/mol. The third kappa shape index (κ3) is 5.16. The summed E-state index contributed by atoms with van der Waals surface area (Å²) in [6.07, 6.45) is -0.378. The van der Waals surface area contributed by atoms with Crippen LogP contribution >= 0.6 is 0 Å². The van der Waals surface area contributed by atoms with Crippen LogP contribution in [0.4, 0.5) is 0 Å². The highest BCUT2D eigenvalue weighted by Gasteiger charge is 2.26. The van der Waals surface area contributed by atoms with Gasteiger partial charge >= 0.3 is 11.9 Å². The molecule has 8 heteroatoms. The Kier molecular flexibility index (Phi) is 5.86. The van der Waals surface area contributed by atoms with E-state index in [1.54, 1.807) is 19.1 Å². The summed E-state index contributed by atoms with van der Waals surface area (Å²) in [6, 6.07) is 4.70. The molecule has 0 bridgehead atoms. The number of carboxylic acids is 1. The Hall–Kier alpha value is -1.93. The maximum Gasteiger partial charge on any atom is 0.321 e. The number of carboxylic acid groups (broad SMARTS) is 1. The van der Waals surface area contributed by atoms with Gasteiger partial charge in [0.2, 0.25) is 10.0 Å². The summed E-state index contributed by atoms with van der Waals surface area (Å²) < 4.78 is 30.7.